The lowest BCUT2D eigenvalue weighted by Crippen LogP contribution is -2.42. The monoisotopic (exact) mass is 806 g/mol. The second kappa shape index (κ2) is 36.4. The molecule has 0 aromatic heterocycles. The van der Waals surface area contributed by atoms with Gasteiger partial charge in [0.25, 0.3) is 0 Å². The van der Waals surface area contributed by atoms with Crippen molar-refractivity contribution >= 4 is 24.4 Å². The normalized spacial score (nSPS) is 10.9. The van der Waals surface area contributed by atoms with Crippen LogP contribution in [0.25, 0.3) is 0 Å². The number of carbonyl (C=O) groups is 4. The number of ether oxygens (including phenoxy) is 12. The van der Waals surface area contributed by atoms with Crippen LogP contribution in [-0.4, -0.2) is 165 Å². The summed E-state index contributed by atoms with van der Waals surface area (Å²) in [7, 11) is 1.59. The third-order valence-electron chi connectivity index (χ3n) is 7.48. The van der Waals surface area contributed by atoms with Gasteiger partial charge in [-0.3, -0.25) is 9.80 Å². The molecule has 18 heteroatoms. The number of rotatable bonds is 38. The van der Waals surface area contributed by atoms with Crippen molar-refractivity contribution in [1.82, 2.24) is 9.80 Å². The Labute approximate surface area is 332 Å². The fourth-order valence-corrected chi connectivity index (χ4v) is 4.30. The van der Waals surface area contributed by atoms with E-state index < -0.39 is 30.0 Å². The van der Waals surface area contributed by atoms with E-state index in [0.29, 0.717) is 78.2 Å². The van der Waals surface area contributed by atoms with Crippen LogP contribution in [-0.2, 0) is 61.6 Å². The summed E-state index contributed by atoms with van der Waals surface area (Å²) in [6, 6.07) is 0. The van der Waals surface area contributed by atoms with E-state index in [1.165, 1.54) is 18.8 Å². The van der Waals surface area contributed by atoms with Crippen LogP contribution in [0, 0.1) is 0 Å². The lowest BCUT2D eigenvalue weighted by Gasteiger charge is -2.27. The summed E-state index contributed by atoms with van der Waals surface area (Å²) in [6.45, 7) is 18.4. The van der Waals surface area contributed by atoms with Crippen molar-refractivity contribution in [3.05, 3.63) is 38.5 Å². The molecule has 0 unspecified atom stereocenters. The molecule has 0 atom stereocenters. The molecule has 0 rings (SSSR count). The van der Waals surface area contributed by atoms with Crippen molar-refractivity contribution in [3.63, 3.8) is 0 Å². The van der Waals surface area contributed by atoms with E-state index in [-0.39, 0.29) is 72.5 Å². The molecular weight excluding hydrogens is 740 g/mol. The van der Waals surface area contributed by atoms with Gasteiger partial charge in [-0.25, -0.2) is 19.2 Å². The highest BCUT2D eigenvalue weighted by atomic mass is 16.7. The van der Waals surface area contributed by atoms with Crippen LogP contribution >= 0.6 is 0 Å². The Morgan fingerprint density at radius 1 is 0.446 bits per heavy atom. The number of methoxy groups -OCH3 is 1. The summed E-state index contributed by atoms with van der Waals surface area (Å²) in [5.41, 5.74) is -1.27. The fraction of sp³-hybridized carbons (Fsp3) is 0.737. The van der Waals surface area contributed by atoms with E-state index in [1.807, 2.05) is 4.90 Å². The van der Waals surface area contributed by atoms with Gasteiger partial charge < -0.3 is 56.8 Å². The first-order chi connectivity index (χ1) is 27.1. The molecule has 0 aliphatic carbocycles. The van der Waals surface area contributed by atoms with Crippen molar-refractivity contribution in [2.75, 3.05) is 126 Å². The Bertz CT molecular complexity index is 1020. The van der Waals surface area contributed by atoms with Crippen molar-refractivity contribution in [3.8, 4) is 0 Å². The first-order valence-corrected chi connectivity index (χ1v) is 18.9. The quantitative estimate of drug-likeness (QED) is 0.0356. The molecule has 0 radical (unpaired) electrons. The Morgan fingerprint density at radius 2 is 0.750 bits per heavy atom. The molecule has 0 spiro atoms. The number of unbranched alkanes of at least 4 members (excludes halogenated alkanes) is 3. The predicted molar refractivity (Wildman–Crippen MR) is 204 cm³/mol. The number of carbonyl (C=O) groups excluding carboxylic acids is 4. The second-order valence-corrected chi connectivity index (χ2v) is 12.2. The van der Waals surface area contributed by atoms with E-state index in [2.05, 4.69) is 19.7 Å². The minimum atomic E-state index is -1.27. The smallest absolute Gasteiger partial charge is 0.502 e. The van der Waals surface area contributed by atoms with Gasteiger partial charge in [-0.2, -0.15) is 0 Å². The lowest BCUT2D eigenvalue weighted by molar-refractivity contribution is -0.169. The molecule has 0 aromatic carbocycles. The molecular formula is C38H66N2O16. The van der Waals surface area contributed by atoms with Crippen LogP contribution in [0.5, 0.6) is 0 Å². The zero-order chi connectivity index (χ0) is 41.5. The highest BCUT2D eigenvalue weighted by Gasteiger charge is 2.30. The average Bonchev–Trinajstić information content (AvgIpc) is 3.17. The maximum absolute atomic E-state index is 13.0. The van der Waals surface area contributed by atoms with Gasteiger partial charge in [0.1, 0.15) is 26.4 Å². The van der Waals surface area contributed by atoms with E-state index >= 15 is 0 Å². The summed E-state index contributed by atoms with van der Waals surface area (Å²) in [4.78, 5) is 52.7. The molecule has 0 aliphatic heterocycles. The minimum absolute atomic E-state index is 0.0176. The predicted octanol–water partition coefficient (Wildman–Crippen LogP) is 4.86. The Kier molecular flexibility index (Phi) is 33.6. The molecule has 0 saturated heterocycles. The number of hydrogen-bond acceptors (Lipinski definition) is 18. The maximum atomic E-state index is 13.0. The molecule has 56 heavy (non-hydrogen) atoms. The van der Waals surface area contributed by atoms with Crippen molar-refractivity contribution < 1.29 is 76.0 Å². The number of esters is 1. The Morgan fingerprint density at radius 3 is 1.11 bits per heavy atom. The highest BCUT2D eigenvalue weighted by Crippen LogP contribution is 2.12. The average molecular weight is 807 g/mol. The van der Waals surface area contributed by atoms with Crippen LogP contribution < -0.4 is 0 Å². The third-order valence-corrected chi connectivity index (χ3v) is 7.48. The molecule has 0 fully saturated rings. The summed E-state index contributed by atoms with van der Waals surface area (Å²) in [6.07, 6.45) is 5.63. The largest absolute Gasteiger partial charge is 0.508 e. The van der Waals surface area contributed by atoms with E-state index in [0.717, 1.165) is 6.42 Å². The van der Waals surface area contributed by atoms with Crippen molar-refractivity contribution in [2.45, 2.75) is 58.0 Å². The zero-order valence-electron chi connectivity index (χ0n) is 33.8. The van der Waals surface area contributed by atoms with Gasteiger partial charge in [0.05, 0.1) is 71.6 Å². The van der Waals surface area contributed by atoms with Crippen LogP contribution in [0.3, 0.4) is 0 Å². The van der Waals surface area contributed by atoms with Crippen molar-refractivity contribution in [2.24, 2.45) is 0 Å². The molecule has 0 bridgehead atoms. The SMILES string of the molecule is C=COCCCCOC(=O)OCCN(CCOC(=O)OCCCCOC=C)CCOC(=O)C(C)(C)OCCN(CCOC)CCOC(=O)OCCCCOC=C. The van der Waals surface area contributed by atoms with E-state index in [1.54, 1.807) is 25.9 Å². The third kappa shape index (κ3) is 32.0. The molecule has 18 nitrogen and oxygen atoms in total. The molecule has 0 N–H and O–H groups in total. The number of nitrogens with zero attached hydrogens (tertiary/aromatic N) is 2. The second-order valence-electron chi connectivity index (χ2n) is 12.2. The topological polar surface area (TPSA) is 186 Å². The molecule has 324 valence electrons. The van der Waals surface area contributed by atoms with Crippen LogP contribution in [0.4, 0.5) is 14.4 Å². The van der Waals surface area contributed by atoms with Gasteiger partial charge in [0, 0.05) is 46.4 Å². The lowest BCUT2D eigenvalue weighted by atomic mass is 10.1. The summed E-state index contributed by atoms with van der Waals surface area (Å²) in [5, 5.41) is 0. The van der Waals surface area contributed by atoms with E-state index in [9.17, 15) is 19.2 Å². The maximum Gasteiger partial charge on any atom is 0.508 e. The molecule has 0 aliphatic rings. The van der Waals surface area contributed by atoms with Gasteiger partial charge in [0.15, 0.2) is 5.60 Å². The first kappa shape index (κ1) is 51.7. The Hall–Kier alpha value is -4.26. The zero-order valence-corrected chi connectivity index (χ0v) is 33.8. The van der Waals surface area contributed by atoms with Gasteiger partial charge in [-0.1, -0.05) is 19.7 Å². The minimum Gasteiger partial charge on any atom is -0.502 e. The summed E-state index contributed by atoms with van der Waals surface area (Å²) in [5.74, 6) is -0.584. The highest BCUT2D eigenvalue weighted by molar-refractivity contribution is 5.78. The fourth-order valence-electron chi connectivity index (χ4n) is 4.30. The molecule has 0 amide bonds. The summed E-state index contributed by atoms with van der Waals surface area (Å²) < 4.78 is 62.5. The van der Waals surface area contributed by atoms with Crippen LogP contribution in [0.2, 0.25) is 0 Å². The molecule has 0 aromatic rings. The van der Waals surface area contributed by atoms with Crippen LogP contribution in [0.15, 0.2) is 38.5 Å². The first-order valence-electron chi connectivity index (χ1n) is 18.9. The molecule has 0 heterocycles. The van der Waals surface area contributed by atoms with Crippen molar-refractivity contribution in [1.29, 1.82) is 0 Å². The van der Waals surface area contributed by atoms with Crippen LogP contribution in [0.1, 0.15) is 52.4 Å². The Balaban J connectivity index is 4.80. The van der Waals surface area contributed by atoms with Gasteiger partial charge in [0.2, 0.25) is 0 Å². The van der Waals surface area contributed by atoms with Gasteiger partial charge in [-0.15, -0.1) is 0 Å². The van der Waals surface area contributed by atoms with Gasteiger partial charge in [-0.05, 0) is 52.4 Å². The van der Waals surface area contributed by atoms with Gasteiger partial charge >= 0.3 is 24.4 Å². The van der Waals surface area contributed by atoms with E-state index in [4.69, 9.17) is 56.8 Å². The number of hydrogen-bond donors (Lipinski definition) is 0. The standard InChI is InChI=1S/C38H66N2O16/c1-7-46-22-10-13-25-50-35(42)53-30-18-39(16-28-45-6)21-33-56-38(4,5)34(41)49-29-17-40(19-31-54-36(43)51-26-14-11-23-47-8-2)20-32-55-37(44)52-27-15-12-24-48-9-3/h7-9H,1-3,10-33H2,4-6H3. The molecule has 0 saturated carbocycles. The summed E-state index contributed by atoms with van der Waals surface area (Å²) >= 11 is 0.